The number of anilines is 1. The van der Waals surface area contributed by atoms with Gasteiger partial charge >= 0.3 is 0 Å². The second-order valence-electron chi connectivity index (χ2n) is 5.52. The molecule has 1 aromatic rings. The Morgan fingerprint density at radius 3 is 2.45 bits per heavy atom. The lowest BCUT2D eigenvalue weighted by Crippen LogP contribution is -2.42. The maximum absolute atomic E-state index is 12.5. The van der Waals surface area contributed by atoms with E-state index in [2.05, 4.69) is 10.3 Å². The van der Waals surface area contributed by atoms with Gasteiger partial charge in [-0.2, -0.15) is 0 Å². The van der Waals surface area contributed by atoms with Crippen molar-refractivity contribution in [3.63, 3.8) is 0 Å². The normalized spacial score (nSPS) is 13.5. The molecule has 124 valence electrons. The molecule has 1 rings (SSSR count). The van der Waals surface area contributed by atoms with Crippen molar-refractivity contribution in [3.8, 4) is 5.88 Å². The molecule has 1 amide bonds. The third kappa shape index (κ3) is 4.98. The molecule has 0 fully saturated rings. The number of aromatic nitrogens is 1. The fourth-order valence-electron chi connectivity index (χ4n) is 1.87. The van der Waals surface area contributed by atoms with Crippen molar-refractivity contribution >= 4 is 11.6 Å². The molecule has 1 N–H and O–H groups in total. The monoisotopic (exact) mass is 308 g/mol. The van der Waals surface area contributed by atoms with Crippen molar-refractivity contribution in [2.45, 2.75) is 59.5 Å². The topological polar surface area (TPSA) is 60.5 Å². The highest BCUT2D eigenvalue weighted by Crippen LogP contribution is 2.22. The Labute approximate surface area is 133 Å². The molecular formula is C17H28N2O3. The molecule has 0 aliphatic rings. The van der Waals surface area contributed by atoms with E-state index < -0.39 is 5.60 Å². The van der Waals surface area contributed by atoms with Gasteiger partial charge in [0.15, 0.2) is 0 Å². The molecule has 0 bridgehead atoms. The van der Waals surface area contributed by atoms with Crippen molar-refractivity contribution < 1.29 is 14.3 Å². The molecule has 5 nitrogen and oxygen atoms in total. The first-order valence-corrected chi connectivity index (χ1v) is 8.02. The summed E-state index contributed by atoms with van der Waals surface area (Å²) in [6.45, 7) is 10.9. The summed E-state index contributed by atoms with van der Waals surface area (Å²) in [5.41, 5.74) is 0.601. The Balaban J connectivity index is 2.78. The number of nitrogens with one attached hydrogen (secondary N) is 1. The first-order chi connectivity index (χ1) is 10.5. The molecule has 0 aliphatic carbocycles. The highest BCUT2D eigenvalue weighted by atomic mass is 16.5. The lowest BCUT2D eigenvalue weighted by Gasteiger charge is -2.27. The van der Waals surface area contributed by atoms with Crippen LogP contribution in [0.3, 0.4) is 0 Å². The number of hydrogen-bond acceptors (Lipinski definition) is 4. The Kier molecular flexibility index (Phi) is 7.32. The van der Waals surface area contributed by atoms with Crippen LogP contribution in [-0.4, -0.2) is 29.7 Å². The van der Waals surface area contributed by atoms with Crippen LogP contribution in [0.25, 0.3) is 0 Å². The molecule has 0 saturated heterocycles. The average Bonchev–Trinajstić information content (AvgIpc) is 2.52. The van der Waals surface area contributed by atoms with Crippen LogP contribution < -0.4 is 10.1 Å². The van der Waals surface area contributed by atoms with Gasteiger partial charge in [0, 0.05) is 12.7 Å². The van der Waals surface area contributed by atoms with Gasteiger partial charge in [-0.15, -0.1) is 0 Å². The standard InChI is InChI=1S/C17H28N2O3/c1-6-11-21-15-10-9-14(13(4)18-15)19-16(20)17(5,8-3)22-12-7-2/h9-10H,6-8,11-12H2,1-5H3,(H,19,20)/t17-/m0/s1. The highest BCUT2D eigenvalue weighted by Gasteiger charge is 2.32. The minimum atomic E-state index is -0.820. The summed E-state index contributed by atoms with van der Waals surface area (Å²) in [5, 5.41) is 2.91. The van der Waals surface area contributed by atoms with Crippen molar-refractivity contribution in [2.24, 2.45) is 0 Å². The quantitative estimate of drug-likeness (QED) is 0.755. The maximum atomic E-state index is 12.5. The van der Waals surface area contributed by atoms with Crippen LogP contribution in [0.5, 0.6) is 5.88 Å². The van der Waals surface area contributed by atoms with Crippen LogP contribution >= 0.6 is 0 Å². The minimum absolute atomic E-state index is 0.143. The first kappa shape index (κ1) is 18.4. The fourth-order valence-corrected chi connectivity index (χ4v) is 1.87. The van der Waals surface area contributed by atoms with E-state index in [1.165, 1.54) is 0 Å². The number of carbonyl (C=O) groups excluding carboxylic acids is 1. The summed E-state index contributed by atoms with van der Waals surface area (Å²) in [5.74, 6) is 0.438. The Morgan fingerprint density at radius 2 is 1.91 bits per heavy atom. The van der Waals surface area contributed by atoms with Crippen LogP contribution in [0.2, 0.25) is 0 Å². The largest absolute Gasteiger partial charge is 0.478 e. The van der Waals surface area contributed by atoms with Gasteiger partial charge in [-0.1, -0.05) is 20.8 Å². The number of amides is 1. The first-order valence-electron chi connectivity index (χ1n) is 8.02. The Bertz CT molecular complexity index is 491. The highest BCUT2D eigenvalue weighted by molar-refractivity contribution is 5.97. The van der Waals surface area contributed by atoms with Crippen LogP contribution in [0.1, 0.15) is 52.7 Å². The van der Waals surface area contributed by atoms with Crippen molar-refractivity contribution in [3.05, 3.63) is 17.8 Å². The third-order valence-corrected chi connectivity index (χ3v) is 3.54. The van der Waals surface area contributed by atoms with E-state index in [0.717, 1.165) is 18.5 Å². The van der Waals surface area contributed by atoms with Gasteiger partial charge < -0.3 is 14.8 Å². The Morgan fingerprint density at radius 1 is 1.23 bits per heavy atom. The van der Waals surface area contributed by atoms with Crippen LogP contribution in [0.4, 0.5) is 5.69 Å². The molecule has 0 saturated carbocycles. The predicted molar refractivity (Wildman–Crippen MR) is 88.3 cm³/mol. The summed E-state index contributed by atoms with van der Waals surface area (Å²) >= 11 is 0. The number of ether oxygens (including phenoxy) is 2. The average molecular weight is 308 g/mol. The molecule has 5 heteroatoms. The van der Waals surface area contributed by atoms with E-state index in [1.807, 2.05) is 40.7 Å². The van der Waals surface area contributed by atoms with Crippen LogP contribution in [0, 0.1) is 6.92 Å². The lowest BCUT2D eigenvalue weighted by atomic mass is 10.0. The summed E-state index contributed by atoms with van der Waals surface area (Å²) in [6.07, 6.45) is 2.43. The molecule has 0 spiro atoms. The SMILES string of the molecule is CCCOc1ccc(NC(=O)[C@](C)(CC)OCCC)c(C)n1. The number of aryl methyl sites for hydroxylation is 1. The zero-order valence-corrected chi connectivity index (χ0v) is 14.4. The minimum Gasteiger partial charge on any atom is -0.478 e. The maximum Gasteiger partial charge on any atom is 0.256 e. The molecule has 1 heterocycles. The second kappa shape index (κ2) is 8.73. The van der Waals surface area contributed by atoms with E-state index in [4.69, 9.17) is 9.47 Å². The second-order valence-corrected chi connectivity index (χ2v) is 5.52. The van der Waals surface area contributed by atoms with Gasteiger partial charge in [0.1, 0.15) is 5.60 Å². The van der Waals surface area contributed by atoms with Crippen molar-refractivity contribution in [1.82, 2.24) is 4.98 Å². The molecule has 0 radical (unpaired) electrons. The summed E-state index contributed by atoms with van der Waals surface area (Å²) < 4.78 is 11.2. The predicted octanol–water partition coefficient (Wildman–Crippen LogP) is 3.71. The zero-order valence-electron chi connectivity index (χ0n) is 14.4. The van der Waals surface area contributed by atoms with Gasteiger partial charge in [0.05, 0.1) is 18.0 Å². The van der Waals surface area contributed by atoms with Crippen molar-refractivity contribution in [2.75, 3.05) is 18.5 Å². The van der Waals surface area contributed by atoms with E-state index in [9.17, 15) is 4.79 Å². The van der Waals surface area contributed by atoms with E-state index >= 15 is 0 Å². The fraction of sp³-hybridized carbons (Fsp3) is 0.647. The number of hydrogen-bond donors (Lipinski definition) is 1. The van der Waals surface area contributed by atoms with Gasteiger partial charge in [-0.05, 0) is 39.2 Å². The zero-order chi connectivity index (χ0) is 16.6. The Hall–Kier alpha value is -1.62. The number of nitrogens with zero attached hydrogens (tertiary/aromatic N) is 1. The van der Waals surface area contributed by atoms with E-state index in [-0.39, 0.29) is 5.91 Å². The van der Waals surface area contributed by atoms with Crippen LogP contribution in [-0.2, 0) is 9.53 Å². The van der Waals surface area contributed by atoms with Gasteiger partial charge in [-0.25, -0.2) is 4.98 Å². The van der Waals surface area contributed by atoms with E-state index in [1.54, 1.807) is 6.07 Å². The smallest absolute Gasteiger partial charge is 0.256 e. The number of carbonyl (C=O) groups is 1. The summed E-state index contributed by atoms with van der Waals surface area (Å²) in [6, 6.07) is 3.59. The third-order valence-electron chi connectivity index (χ3n) is 3.54. The molecular weight excluding hydrogens is 280 g/mol. The van der Waals surface area contributed by atoms with Crippen molar-refractivity contribution in [1.29, 1.82) is 0 Å². The molecule has 0 unspecified atom stereocenters. The number of rotatable bonds is 9. The molecule has 1 atom stereocenters. The van der Waals surface area contributed by atoms with Gasteiger partial charge in [0.2, 0.25) is 5.88 Å². The van der Waals surface area contributed by atoms with Crippen LogP contribution in [0.15, 0.2) is 12.1 Å². The van der Waals surface area contributed by atoms with Gasteiger partial charge in [-0.3, -0.25) is 4.79 Å². The summed E-state index contributed by atoms with van der Waals surface area (Å²) in [7, 11) is 0. The summed E-state index contributed by atoms with van der Waals surface area (Å²) in [4.78, 5) is 16.8. The molecule has 0 aliphatic heterocycles. The molecule has 0 aromatic carbocycles. The molecule has 22 heavy (non-hydrogen) atoms. The van der Waals surface area contributed by atoms with Gasteiger partial charge in [0.25, 0.3) is 5.91 Å². The van der Waals surface area contributed by atoms with E-state index in [0.29, 0.717) is 31.2 Å². The molecule has 1 aromatic heterocycles. The number of pyridine rings is 1. The lowest BCUT2D eigenvalue weighted by molar-refractivity contribution is -0.139.